The molecule has 0 aliphatic heterocycles. The Morgan fingerprint density at radius 2 is 1.26 bits per heavy atom. The SMILES string of the molecule is CC(C)(C)c1cc(-c2nc3c(-c4[c-]c(-c5cc6c(cn5)C(C)(C)c5ccccc5-6)cc(-c5ccccc5)c4)cccc3n2-c2ccccc2)c(O)c(C(C)(C)C)c1.[Pt]. The van der Waals surface area contributed by atoms with E-state index < -0.39 is 0 Å². The average molecular weight is 938 g/mol. The summed E-state index contributed by atoms with van der Waals surface area (Å²) < 4.78 is 2.19. The molecule has 0 bridgehead atoms. The minimum Gasteiger partial charge on any atom is -0.507 e. The molecule has 58 heavy (non-hydrogen) atoms. The van der Waals surface area contributed by atoms with Gasteiger partial charge in [0.1, 0.15) is 11.6 Å². The second-order valence-electron chi connectivity index (χ2n) is 18.0. The Kier molecular flexibility index (Phi) is 9.72. The van der Waals surface area contributed by atoms with Crippen LogP contribution in [-0.2, 0) is 37.3 Å². The van der Waals surface area contributed by atoms with Crippen LogP contribution in [0.1, 0.15) is 77.6 Å². The van der Waals surface area contributed by atoms with Gasteiger partial charge in [0.25, 0.3) is 0 Å². The Balaban J connectivity index is 0.00000469. The number of para-hydroxylation sites is 2. The number of aromatic hydroxyl groups is 1. The number of aromatic nitrogens is 3. The first-order valence-corrected chi connectivity index (χ1v) is 19.9. The number of rotatable bonds is 5. The van der Waals surface area contributed by atoms with Gasteiger partial charge in [0.15, 0.2) is 0 Å². The van der Waals surface area contributed by atoms with Crippen LogP contribution in [0.4, 0.5) is 0 Å². The van der Waals surface area contributed by atoms with Crippen molar-refractivity contribution in [3.8, 4) is 67.5 Å². The minimum absolute atomic E-state index is 0. The van der Waals surface area contributed by atoms with E-state index in [0.717, 1.165) is 61.4 Å². The monoisotopic (exact) mass is 937 g/mol. The smallest absolute Gasteiger partial charge is 0.148 e. The van der Waals surface area contributed by atoms with Crippen molar-refractivity contribution in [1.82, 2.24) is 14.5 Å². The van der Waals surface area contributed by atoms with Crippen LogP contribution in [0.2, 0.25) is 0 Å². The minimum atomic E-state index is -0.290. The van der Waals surface area contributed by atoms with Gasteiger partial charge in [-0.1, -0.05) is 169 Å². The topological polar surface area (TPSA) is 50.9 Å². The average Bonchev–Trinajstić information content (AvgIpc) is 3.70. The molecule has 2 heterocycles. The van der Waals surface area contributed by atoms with E-state index in [9.17, 15) is 5.11 Å². The van der Waals surface area contributed by atoms with Gasteiger partial charge in [-0.3, -0.25) is 9.55 Å². The normalized spacial score (nSPS) is 13.2. The van der Waals surface area contributed by atoms with Crippen molar-refractivity contribution in [3.05, 3.63) is 168 Å². The molecule has 0 saturated heterocycles. The molecule has 0 spiro atoms. The van der Waals surface area contributed by atoms with Gasteiger partial charge in [0.2, 0.25) is 0 Å². The molecular formula is C53H48N3OPt-. The van der Waals surface area contributed by atoms with Gasteiger partial charge in [-0.15, -0.1) is 23.8 Å². The number of nitrogens with zero attached hydrogens (tertiary/aromatic N) is 3. The summed E-state index contributed by atoms with van der Waals surface area (Å²) >= 11 is 0. The van der Waals surface area contributed by atoms with Crippen molar-refractivity contribution in [2.45, 2.75) is 71.6 Å². The summed E-state index contributed by atoms with van der Waals surface area (Å²) in [6, 6.07) is 50.7. The molecule has 4 nitrogen and oxygen atoms in total. The van der Waals surface area contributed by atoms with E-state index >= 15 is 0 Å². The second-order valence-corrected chi connectivity index (χ2v) is 18.0. The van der Waals surface area contributed by atoms with Gasteiger partial charge in [-0.2, -0.15) is 0 Å². The maximum Gasteiger partial charge on any atom is 0.148 e. The van der Waals surface area contributed by atoms with Crippen LogP contribution in [0.15, 0.2) is 140 Å². The predicted octanol–water partition coefficient (Wildman–Crippen LogP) is 13.5. The summed E-state index contributed by atoms with van der Waals surface area (Å²) in [7, 11) is 0. The van der Waals surface area contributed by atoms with Crippen LogP contribution < -0.4 is 0 Å². The summed E-state index contributed by atoms with van der Waals surface area (Å²) in [5, 5.41) is 12.2. The largest absolute Gasteiger partial charge is 0.507 e. The van der Waals surface area contributed by atoms with Crippen LogP contribution in [0.3, 0.4) is 0 Å². The molecule has 5 heteroatoms. The van der Waals surface area contributed by atoms with Crippen molar-refractivity contribution < 1.29 is 26.2 Å². The number of phenols is 1. The van der Waals surface area contributed by atoms with Crippen LogP contribution >= 0.6 is 0 Å². The van der Waals surface area contributed by atoms with Crippen LogP contribution in [-0.4, -0.2) is 19.6 Å². The molecule has 8 aromatic rings. The molecule has 0 radical (unpaired) electrons. The Bertz CT molecular complexity index is 2840. The van der Waals surface area contributed by atoms with Crippen molar-refractivity contribution in [1.29, 1.82) is 0 Å². The molecule has 0 unspecified atom stereocenters. The molecule has 9 rings (SSSR count). The number of benzene rings is 6. The van der Waals surface area contributed by atoms with Gasteiger partial charge in [-0.05, 0) is 68.5 Å². The van der Waals surface area contributed by atoms with Crippen molar-refractivity contribution in [3.63, 3.8) is 0 Å². The number of hydrogen-bond donors (Lipinski definition) is 1. The number of hydrogen-bond acceptors (Lipinski definition) is 3. The first-order valence-electron chi connectivity index (χ1n) is 19.9. The summed E-state index contributed by atoms with van der Waals surface area (Å²) in [4.78, 5) is 10.6. The number of pyridine rings is 1. The fourth-order valence-electron chi connectivity index (χ4n) is 8.53. The molecule has 0 amide bonds. The third-order valence-electron chi connectivity index (χ3n) is 11.7. The predicted molar refractivity (Wildman–Crippen MR) is 236 cm³/mol. The van der Waals surface area contributed by atoms with E-state index in [4.69, 9.17) is 9.97 Å². The van der Waals surface area contributed by atoms with Gasteiger partial charge in [0, 0.05) is 49.6 Å². The standard InChI is InChI=1S/C53H48N3O.Pt/c1-51(2,3)37-29-42(49(57)44(30-37)52(4,5)6)50-55-48-39(23-17-25-47(48)56(50)38-20-13-10-14-21-38)35-26-34(33-18-11-9-12-19-33)27-36(28-35)46-31-41-40-22-15-16-24-43(40)53(7,8)45(41)32-54-46;/h9-27,29-32,57H,1-8H3;/q-1;. The molecule has 0 atom stereocenters. The molecule has 6 aromatic carbocycles. The van der Waals surface area contributed by atoms with Crippen molar-refractivity contribution in [2.24, 2.45) is 0 Å². The Labute approximate surface area is 357 Å². The molecule has 0 fully saturated rings. The van der Waals surface area contributed by atoms with E-state index in [2.05, 4.69) is 187 Å². The van der Waals surface area contributed by atoms with E-state index in [0.29, 0.717) is 11.4 Å². The fourth-order valence-corrected chi connectivity index (χ4v) is 8.53. The number of phenolic OH excluding ortho intramolecular Hbond substituents is 1. The summed E-state index contributed by atoms with van der Waals surface area (Å²) in [6.07, 6.45) is 2.06. The van der Waals surface area contributed by atoms with Crippen molar-refractivity contribution >= 4 is 11.0 Å². The third-order valence-corrected chi connectivity index (χ3v) is 11.7. The van der Waals surface area contributed by atoms with E-state index in [-0.39, 0.29) is 43.1 Å². The maximum atomic E-state index is 12.2. The Hall–Kier alpha value is -5.57. The van der Waals surface area contributed by atoms with Gasteiger partial charge >= 0.3 is 0 Å². The van der Waals surface area contributed by atoms with E-state index in [1.807, 2.05) is 18.2 Å². The first kappa shape index (κ1) is 39.3. The molecule has 1 N–H and O–H groups in total. The summed E-state index contributed by atoms with van der Waals surface area (Å²) in [5.41, 5.74) is 15.9. The molecule has 1 aliphatic carbocycles. The third kappa shape index (κ3) is 6.62. The Morgan fingerprint density at radius 1 is 0.603 bits per heavy atom. The number of fused-ring (bicyclic) bond motifs is 4. The molecule has 1 aliphatic rings. The molecular weight excluding hydrogens is 890 g/mol. The van der Waals surface area contributed by atoms with Crippen LogP contribution in [0.5, 0.6) is 5.75 Å². The first-order chi connectivity index (χ1) is 27.2. The van der Waals surface area contributed by atoms with Crippen molar-refractivity contribution in [2.75, 3.05) is 0 Å². The van der Waals surface area contributed by atoms with Gasteiger partial charge in [-0.25, -0.2) is 4.98 Å². The van der Waals surface area contributed by atoms with E-state index in [1.54, 1.807) is 0 Å². The second kappa shape index (κ2) is 14.4. The number of imidazole rings is 1. The molecule has 0 saturated carbocycles. The summed E-state index contributed by atoms with van der Waals surface area (Å²) in [5.74, 6) is 0.954. The fraction of sp³-hybridized carbons (Fsp3) is 0.208. The van der Waals surface area contributed by atoms with Gasteiger partial charge in [0.05, 0.1) is 16.6 Å². The quantitative estimate of drug-likeness (QED) is 0.175. The van der Waals surface area contributed by atoms with Crippen LogP contribution in [0, 0.1) is 6.07 Å². The zero-order chi connectivity index (χ0) is 39.9. The summed E-state index contributed by atoms with van der Waals surface area (Å²) in [6.45, 7) is 17.7. The zero-order valence-electron chi connectivity index (χ0n) is 34.4. The maximum absolute atomic E-state index is 12.2. The molecule has 2 aromatic heterocycles. The van der Waals surface area contributed by atoms with Crippen LogP contribution in [0.25, 0.3) is 72.7 Å². The van der Waals surface area contributed by atoms with E-state index in [1.165, 1.54) is 22.3 Å². The van der Waals surface area contributed by atoms with Gasteiger partial charge < -0.3 is 5.11 Å². The Morgan fingerprint density at radius 3 is 1.97 bits per heavy atom. The molecule has 292 valence electrons. The zero-order valence-corrected chi connectivity index (χ0v) is 36.7.